The molecule has 1 aromatic heterocycles. The topological polar surface area (TPSA) is 118 Å². The van der Waals surface area contributed by atoms with Gasteiger partial charge in [0.25, 0.3) is 5.91 Å². The minimum absolute atomic E-state index is 0.0113. The molecule has 1 heterocycles. The van der Waals surface area contributed by atoms with Crippen LogP contribution in [-0.2, 0) is 21.4 Å². The van der Waals surface area contributed by atoms with Crippen molar-refractivity contribution in [3.8, 4) is 5.75 Å². The molecule has 0 saturated heterocycles. The maximum Gasteiger partial charge on any atom is 0.255 e. The molecule has 0 bridgehead atoms. The molecule has 168 valence electrons. The fourth-order valence-corrected chi connectivity index (χ4v) is 4.40. The Morgan fingerprint density at radius 1 is 1.06 bits per heavy atom. The highest BCUT2D eigenvalue weighted by Gasteiger charge is 2.24. The van der Waals surface area contributed by atoms with Crippen LogP contribution in [0, 0.1) is 0 Å². The molecule has 0 spiro atoms. The summed E-state index contributed by atoms with van der Waals surface area (Å²) in [4.78, 5) is 28.6. The number of carbonyl (C=O) groups is 2. The van der Waals surface area contributed by atoms with E-state index < -0.39 is 15.9 Å². The second-order valence-corrected chi connectivity index (χ2v) is 8.53. The third-order valence-corrected chi connectivity index (χ3v) is 6.68. The molecular weight excluding hydrogens is 420 g/mol. The Morgan fingerprint density at radius 2 is 1.74 bits per heavy atom. The van der Waals surface area contributed by atoms with Crippen molar-refractivity contribution in [1.82, 2.24) is 19.9 Å². The third kappa shape index (κ3) is 6.50. The molecule has 1 aromatic carbocycles. The fourth-order valence-electron chi connectivity index (χ4n) is 2.91. The van der Waals surface area contributed by atoms with Crippen LogP contribution in [0.3, 0.4) is 0 Å². The van der Waals surface area contributed by atoms with E-state index in [1.165, 1.54) is 29.6 Å². The Hall–Kier alpha value is -2.98. The maximum atomic E-state index is 12.8. The van der Waals surface area contributed by atoms with Gasteiger partial charge in [-0.2, -0.15) is 4.31 Å². The van der Waals surface area contributed by atoms with Gasteiger partial charge in [-0.05, 0) is 35.9 Å². The van der Waals surface area contributed by atoms with Gasteiger partial charge in [0.2, 0.25) is 15.9 Å². The van der Waals surface area contributed by atoms with Gasteiger partial charge in [0.05, 0.1) is 17.6 Å². The SMILES string of the molecule is CCN(CC)S(=O)(=O)c1ccc(OC)c(C(=O)NCCC(=O)NCc2ccncc2)c1. The summed E-state index contributed by atoms with van der Waals surface area (Å²) in [6.07, 6.45) is 3.36. The van der Waals surface area contributed by atoms with Crippen molar-refractivity contribution in [3.05, 3.63) is 53.9 Å². The number of ether oxygens (including phenoxy) is 1. The molecule has 0 saturated carbocycles. The van der Waals surface area contributed by atoms with Crippen LogP contribution >= 0.6 is 0 Å². The van der Waals surface area contributed by atoms with Crippen molar-refractivity contribution in [1.29, 1.82) is 0 Å². The number of hydrogen-bond donors (Lipinski definition) is 2. The van der Waals surface area contributed by atoms with Crippen molar-refractivity contribution >= 4 is 21.8 Å². The third-order valence-electron chi connectivity index (χ3n) is 4.64. The van der Waals surface area contributed by atoms with E-state index in [1.54, 1.807) is 38.4 Å². The molecule has 0 aliphatic carbocycles. The van der Waals surface area contributed by atoms with Crippen molar-refractivity contribution in [2.45, 2.75) is 31.7 Å². The highest BCUT2D eigenvalue weighted by molar-refractivity contribution is 7.89. The highest BCUT2D eigenvalue weighted by atomic mass is 32.2. The number of aromatic nitrogens is 1. The second-order valence-electron chi connectivity index (χ2n) is 6.59. The number of benzene rings is 1. The Morgan fingerprint density at radius 3 is 2.35 bits per heavy atom. The van der Waals surface area contributed by atoms with Gasteiger partial charge in [-0.3, -0.25) is 14.6 Å². The van der Waals surface area contributed by atoms with Gasteiger partial charge in [-0.15, -0.1) is 0 Å². The molecule has 0 aliphatic rings. The van der Waals surface area contributed by atoms with E-state index in [0.29, 0.717) is 19.6 Å². The van der Waals surface area contributed by atoms with Gasteiger partial charge in [0.15, 0.2) is 0 Å². The lowest BCUT2D eigenvalue weighted by molar-refractivity contribution is -0.121. The largest absolute Gasteiger partial charge is 0.496 e. The molecule has 0 aliphatic heterocycles. The van der Waals surface area contributed by atoms with Crippen LogP contribution in [0.1, 0.15) is 36.2 Å². The first kappa shape index (κ1) is 24.3. The minimum atomic E-state index is -3.72. The van der Waals surface area contributed by atoms with Crippen LogP contribution in [0.2, 0.25) is 0 Å². The summed E-state index contributed by atoms with van der Waals surface area (Å²) in [6, 6.07) is 7.76. The first-order chi connectivity index (χ1) is 14.8. The summed E-state index contributed by atoms with van der Waals surface area (Å²) >= 11 is 0. The van der Waals surface area contributed by atoms with E-state index in [-0.39, 0.29) is 35.1 Å². The fraction of sp³-hybridized carbons (Fsp3) is 0.381. The first-order valence-electron chi connectivity index (χ1n) is 9.95. The predicted molar refractivity (Wildman–Crippen MR) is 116 cm³/mol. The van der Waals surface area contributed by atoms with Gasteiger partial charge >= 0.3 is 0 Å². The molecule has 2 N–H and O–H groups in total. The van der Waals surface area contributed by atoms with Crippen LogP contribution in [0.4, 0.5) is 0 Å². The Kier molecular flexibility index (Phi) is 8.95. The van der Waals surface area contributed by atoms with Gasteiger partial charge in [0.1, 0.15) is 5.75 Å². The van der Waals surface area contributed by atoms with Crippen molar-refractivity contribution in [2.75, 3.05) is 26.7 Å². The molecule has 10 heteroatoms. The zero-order valence-electron chi connectivity index (χ0n) is 17.9. The molecule has 2 aromatic rings. The van der Waals surface area contributed by atoms with E-state index in [0.717, 1.165) is 5.56 Å². The second kappa shape index (κ2) is 11.4. The van der Waals surface area contributed by atoms with E-state index in [4.69, 9.17) is 4.74 Å². The minimum Gasteiger partial charge on any atom is -0.496 e. The summed E-state index contributed by atoms with van der Waals surface area (Å²) in [7, 11) is -2.32. The lowest BCUT2D eigenvalue weighted by atomic mass is 10.2. The Labute approximate surface area is 182 Å². The van der Waals surface area contributed by atoms with Crippen LogP contribution in [0.5, 0.6) is 5.75 Å². The number of rotatable bonds is 11. The summed E-state index contributed by atoms with van der Waals surface area (Å²) in [5.74, 6) is -0.490. The van der Waals surface area contributed by atoms with Gasteiger partial charge in [-0.25, -0.2) is 8.42 Å². The first-order valence-corrected chi connectivity index (χ1v) is 11.4. The number of amides is 2. The molecule has 31 heavy (non-hydrogen) atoms. The zero-order chi connectivity index (χ0) is 22.9. The van der Waals surface area contributed by atoms with Crippen LogP contribution in [-0.4, -0.2) is 56.3 Å². The number of nitrogens with zero attached hydrogens (tertiary/aromatic N) is 2. The summed E-state index contributed by atoms with van der Waals surface area (Å²) < 4.78 is 32.0. The quantitative estimate of drug-likeness (QED) is 0.539. The van der Waals surface area contributed by atoms with E-state index in [2.05, 4.69) is 15.6 Å². The summed E-state index contributed by atoms with van der Waals surface area (Å²) in [5, 5.41) is 5.40. The van der Waals surface area contributed by atoms with Crippen LogP contribution in [0.25, 0.3) is 0 Å². The monoisotopic (exact) mass is 448 g/mol. The van der Waals surface area contributed by atoms with Crippen LogP contribution < -0.4 is 15.4 Å². The number of pyridine rings is 1. The van der Waals surface area contributed by atoms with Crippen LogP contribution in [0.15, 0.2) is 47.6 Å². The molecule has 2 amide bonds. The Balaban J connectivity index is 2.01. The summed E-state index contributed by atoms with van der Waals surface area (Å²) in [5.41, 5.74) is 1.01. The number of nitrogens with one attached hydrogen (secondary N) is 2. The zero-order valence-corrected chi connectivity index (χ0v) is 18.7. The standard InChI is InChI=1S/C21H28N4O5S/c1-4-25(5-2)31(28,29)17-6-7-19(30-3)18(14-17)21(27)23-13-10-20(26)24-15-16-8-11-22-12-9-16/h6-9,11-12,14H,4-5,10,13,15H2,1-3H3,(H,23,27)(H,24,26). The molecule has 9 nitrogen and oxygen atoms in total. The molecule has 0 radical (unpaired) electrons. The average molecular weight is 449 g/mol. The normalized spacial score (nSPS) is 11.2. The molecule has 0 fully saturated rings. The predicted octanol–water partition coefficient (Wildman–Crippen LogP) is 1.56. The number of methoxy groups -OCH3 is 1. The van der Waals surface area contributed by atoms with E-state index in [1.807, 2.05) is 0 Å². The Bertz CT molecular complexity index is 992. The summed E-state index contributed by atoms with van der Waals surface area (Å²) in [6.45, 7) is 4.60. The maximum absolute atomic E-state index is 12.8. The molecule has 2 rings (SSSR count). The molecular formula is C21H28N4O5S. The van der Waals surface area contributed by atoms with E-state index in [9.17, 15) is 18.0 Å². The number of sulfonamides is 1. The van der Waals surface area contributed by atoms with Crippen molar-refractivity contribution in [3.63, 3.8) is 0 Å². The lowest BCUT2D eigenvalue weighted by Crippen LogP contribution is -2.32. The highest BCUT2D eigenvalue weighted by Crippen LogP contribution is 2.24. The molecule has 0 atom stereocenters. The number of hydrogen-bond acceptors (Lipinski definition) is 6. The average Bonchev–Trinajstić information content (AvgIpc) is 2.78. The number of carbonyl (C=O) groups excluding carboxylic acids is 2. The van der Waals surface area contributed by atoms with Crippen molar-refractivity contribution < 1.29 is 22.7 Å². The lowest BCUT2D eigenvalue weighted by Gasteiger charge is -2.19. The van der Waals surface area contributed by atoms with E-state index >= 15 is 0 Å². The smallest absolute Gasteiger partial charge is 0.255 e. The molecule has 0 unspecified atom stereocenters. The van der Waals surface area contributed by atoms with Gasteiger partial charge in [-0.1, -0.05) is 13.8 Å². The van der Waals surface area contributed by atoms with Gasteiger partial charge in [0, 0.05) is 45.0 Å². The van der Waals surface area contributed by atoms with Gasteiger partial charge < -0.3 is 15.4 Å². The van der Waals surface area contributed by atoms with Crippen molar-refractivity contribution in [2.24, 2.45) is 0 Å².